The first-order valence-electron chi connectivity index (χ1n) is 8.55. The van der Waals surface area contributed by atoms with Gasteiger partial charge in [0.05, 0.1) is 18.3 Å². The number of carbonyl (C=O) groups is 5. The molecule has 1 aromatic carbocycles. The van der Waals surface area contributed by atoms with Gasteiger partial charge in [0.15, 0.2) is 0 Å². The summed E-state index contributed by atoms with van der Waals surface area (Å²) in [7, 11) is 0. The Morgan fingerprint density at radius 2 is 1.82 bits per heavy atom. The number of amides is 3. The van der Waals surface area contributed by atoms with E-state index >= 15 is 0 Å². The number of nitrogens with one attached hydrogen (secondary N) is 1. The van der Waals surface area contributed by atoms with Crippen molar-refractivity contribution in [3.8, 4) is 0 Å². The molecule has 0 saturated heterocycles. The van der Waals surface area contributed by atoms with Gasteiger partial charge in [-0.3, -0.25) is 28.9 Å². The van der Waals surface area contributed by atoms with Gasteiger partial charge in [0.2, 0.25) is 22.8 Å². The molecule has 4 N–H and O–H groups in total. The molecule has 3 amide bonds. The van der Waals surface area contributed by atoms with E-state index in [4.69, 9.17) is 10.8 Å². The molecule has 0 fully saturated rings. The third-order valence-corrected chi connectivity index (χ3v) is 4.61. The Balaban J connectivity index is 2.80. The monoisotopic (exact) mass is 409 g/mol. The van der Waals surface area contributed by atoms with Crippen molar-refractivity contribution >= 4 is 40.6 Å². The maximum atomic E-state index is 12.7. The Bertz CT molecular complexity index is 725. The molecule has 1 atom stereocenters. The van der Waals surface area contributed by atoms with Gasteiger partial charge in [0, 0.05) is 18.5 Å². The van der Waals surface area contributed by atoms with Crippen LogP contribution in [-0.2, 0) is 19.2 Å². The van der Waals surface area contributed by atoms with Crippen LogP contribution in [0.5, 0.6) is 0 Å². The highest BCUT2D eigenvalue weighted by atomic mass is 32.2. The number of carbonyl (C=O) groups excluding carboxylic acids is 4. The summed E-state index contributed by atoms with van der Waals surface area (Å²) in [6.45, 7) is 0.605. The second-order valence-corrected chi connectivity index (χ2v) is 7.09. The predicted octanol–water partition coefficient (Wildman–Crippen LogP) is 0.243. The van der Waals surface area contributed by atoms with Crippen LogP contribution in [0.2, 0.25) is 0 Å². The number of nitrogens with zero attached hydrogens (tertiary/aromatic N) is 1. The normalized spacial score (nSPS) is 11.4. The van der Waals surface area contributed by atoms with Crippen LogP contribution < -0.4 is 11.1 Å². The molecule has 1 unspecified atom stereocenters. The lowest BCUT2D eigenvalue weighted by Crippen LogP contribution is -2.47. The molecule has 28 heavy (non-hydrogen) atoms. The number of rotatable bonds is 10. The summed E-state index contributed by atoms with van der Waals surface area (Å²) in [5.74, 6) is -2.95. The molecule has 10 heteroatoms. The minimum absolute atomic E-state index is 0.0572. The highest BCUT2D eigenvalue weighted by Crippen LogP contribution is 2.20. The molecule has 0 heterocycles. The zero-order chi connectivity index (χ0) is 21.1. The topological polar surface area (TPSA) is 147 Å². The molecule has 1 aromatic rings. The standard InChI is InChI=1S/C18H23N3O6S/c1-12(28-18(27)13-6-3-2-4-7-13)17(26)21(9-5-8-16(24)25)15(23)11-20-14(22)10-19/h2-4,6-7,12H,5,8-11,19H2,1H3,(H,20,22)(H,24,25). The number of aliphatic carboxylic acids is 1. The molecular weight excluding hydrogens is 386 g/mol. The molecule has 0 aliphatic heterocycles. The maximum Gasteiger partial charge on any atom is 0.303 e. The number of hydrogen-bond donors (Lipinski definition) is 3. The first kappa shape index (κ1) is 23.3. The average Bonchev–Trinajstić information content (AvgIpc) is 2.68. The minimum Gasteiger partial charge on any atom is -0.481 e. The lowest BCUT2D eigenvalue weighted by Gasteiger charge is -2.23. The molecule has 152 valence electrons. The zero-order valence-corrected chi connectivity index (χ0v) is 16.2. The quantitative estimate of drug-likeness (QED) is 0.498. The molecule has 0 aliphatic carbocycles. The van der Waals surface area contributed by atoms with Crippen molar-refractivity contribution in [2.24, 2.45) is 5.73 Å². The number of thioether (sulfide) groups is 1. The van der Waals surface area contributed by atoms with Gasteiger partial charge >= 0.3 is 5.97 Å². The average molecular weight is 409 g/mol. The number of carboxylic acid groups (broad SMARTS) is 1. The highest BCUT2D eigenvalue weighted by molar-refractivity contribution is 8.15. The molecule has 0 aliphatic rings. The van der Waals surface area contributed by atoms with Crippen molar-refractivity contribution < 1.29 is 29.1 Å². The summed E-state index contributed by atoms with van der Waals surface area (Å²) in [5.41, 5.74) is 5.58. The summed E-state index contributed by atoms with van der Waals surface area (Å²) in [4.78, 5) is 60.1. The molecule has 0 saturated carbocycles. The molecule has 9 nitrogen and oxygen atoms in total. The van der Waals surface area contributed by atoms with E-state index in [-0.39, 0.29) is 31.0 Å². The minimum atomic E-state index is -1.06. The van der Waals surface area contributed by atoms with Gasteiger partial charge < -0.3 is 16.2 Å². The van der Waals surface area contributed by atoms with Crippen LogP contribution in [0.1, 0.15) is 30.1 Å². The molecule has 0 spiro atoms. The fourth-order valence-corrected chi connectivity index (χ4v) is 2.98. The van der Waals surface area contributed by atoms with Crippen molar-refractivity contribution in [3.05, 3.63) is 35.9 Å². The van der Waals surface area contributed by atoms with Crippen LogP contribution in [0.25, 0.3) is 0 Å². The molecule has 0 bridgehead atoms. The number of benzene rings is 1. The van der Waals surface area contributed by atoms with Crippen molar-refractivity contribution in [1.29, 1.82) is 0 Å². The smallest absolute Gasteiger partial charge is 0.303 e. The predicted molar refractivity (Wildman–Crippen MR) is 103 cm³/mol. The highest BCUT2D eigenvalue weighted by Gasteiger charge is 2.28. The number of carboxylic acids is 1. The second kappa shape index (κ2) is 11.9. The zero-order valence-electron chi connectivity index (χ0n) is 15.4. The molecule has 0 radical (unpaired) electrons. The van der Waals surface area contributed by atoms with Gasteiger partial charge in [-0.2, -0.15) is 0 Å². The Morgan fingerprint density at radius 3 is 2.39 bits per heavy atom. The summed E-state index contributed by atoms with van der Waals surface area (Å²) < 4.78 is 0. The Morgan fingerprint density at radius 1 is 1.18 bits per heavy atom. The maximum absolute atomic E-state index is 12.7. The number of imide groups is 1. The Hall–Kier alpha value is -2.72. The second-order valence-electron chi connectivity index (χ2n) is 5.78. The van der Waals surface area contributed by atoms with Gasteiger partial charge in [-0.1, -0.05) is 42.1 Å². The summed E-state index contributed by atoms with van der Waals surface area (Å²) in [6.07, 6.45) is -0.168. The van der Waals surface area contributed by atoms with Crippen LogP contribution in [0.4, 0.5) is 0 Å². The van der Waals surface area contributed by atoms with E-state index in [1.807, 2.05) is 0 Å². The Labute approximate surface area is 166 Å². The van der Waals surface area contributed by atoms with Crippen LogP contribution in [0.15, 0.2) is 30.3 Å². The third-order valence-electron chi connectivity index (χ3n) is 3.60. The third kappa shape index (κ3) is 7.89. The number of hydrogen-bond acceptors (Lipinski definition) is 7. The molecule has 0 aromatic heterocycles. The summed E-state index contributed by atoms with van der Waals surface area (Å²) in [6, 6.07) is 8.38. The van der Waals surface area contributed by atoms with Gasteiger partial charge in [-0.15, -0.1) is 0 Å². The van der Waals surface area contributed by atoms with Crippen molar-refractivity contribution in [1.82, 2.24) is 10.2 Å². The SMILES string of the molecule is CC(SC(=O)c1ccccc1)C(=O)N(CCCC(=O)O)C(=O)CNC(=O)CN. The van der Waals surface area contributed by atoms with E-state index < -0.39 is 35.5 Å². The molecule has 1 rings (SSSR count). The van der Waals surface area contributed by atoms with Crippen LogP contribution in [0.3, 0.4) is 0 Å². The van der Waals surface area contributed by atoms with E-state index in [1.54, 1.807) is 30.3 Å². The van der Waals surface area contributed by atoms with E-state index in [1.165, 1.54) is 6.92 Å². The van der Waals surface area contributed by atoms with E-state index in [2.05, 4.69) is 5.32 Å². The molecular formula is C18H23N3O6S. The van der Waals surface area contributed by atoms with Crippen molar-refractivity contribution in [2.45, 2.75) is 25.0 Å². The summed E-state index contributed by atoms with van der Waals surface area (Å²) >= 11 is 0.769. The Kier molecular flexibility index (Phi) is 9.89. The first-order valence-corrected chi connectivity index (χ1v) is 9.43. The largest absolute Gasteiger partial charge is 0.481 e. The van der Waals surface area contributed by atoms with Crippen LogP contribution in [0, 0.1) is 0 Å². The van der Waals surface area contributed by atoms with E-state index in [9.17, 15) is 24.0 Å². The first-order chi connectivity index (χ1) is 13.3. The van der Waals surface area contributed by atoms with E-state index in [0.29, 0.717) is 5.56 Å². The fraction of sp³-hybridized carbons (Fsp3) is 0.389. The van der Waals surface area contributed by atoms with Gasteiger partial charge in [0.25, 0.3) is 0 Å². The number of nitrogens with two attached hydrogens (primary N) is 1. The van der Waals surface area contributed by atoms with Crippen LogP contribution in [-0.4, -0.2) is 63.7 Å². The lowest BCUT2D eigenvalue weighted by molar-refractivity contribution is -0.145. The summed E-state index contributed by atoms with van der Waals surface area (Å²) in [5, 5.41) is 9.84. The van der Waals surface area contributed by atoms with Crippen LogP contribution >= 0.6 is 11.8 Å². The lowest BCUT2D eigenvalue weighted by atomic mass is 10.2. The van der Waals surface area contributed by atoms with Crippen molar-refractivity contribution in [3.63, 3.8) is 0 Å². The van der Waals surface area contributed by atoms with E-state index in [0.717, 1.165) is 16.7 Å². The van der Waals surface area contributed by atoms with Gasteiger partial charge in [-0.25, -0.2) is 0 Å². The van der Waals surface area contributed by atoms with Crippen molar-refractivity contribution in [2.75, 3.05) is 19.6 Å². The fourth-order valence-electron chi connectivity index (χ4n) is 2.16. The van der Waals surface area contributed by atoms with Gasteiger partial charge in [-0.05, 0) is 13.3 Å². The van der Waals surface area contributed by atoms with Gasteiger partial charge in [0.1, 0.15) is 0 Å².